The third-order valence-electron chi connectivity index (χ3n) is 4.71. The van der Waals surface area contributed by atoms with Crippen molar-refractivity contribution in [2.75, 3.05) is 13.2 Å². The van der Waals surface area contributed by atoms with Crippen LogP contribution in [-0.2, 0) is 4.74 Å². The molecule has 1 atom stereocenters. The number of halogens is 1. The Hall–Kier alpha value is -0.110. The molecule has 0 bridgehead atoms. The number of ether oxygens (including phenoxy) is 1. The molecule has 1 unspecified atom stereocenters. The molecule has 0 spiro atoms. The quantitative estimate of drug-likeness (QED) is 0.217. The molecule has 0 heterocycles. The third-order valence-corrected chi connectivity index (χ3v) is 4.71. The molecule has 0 rings (SSSR count). The maximum Gasteiger partial charge on any atom is 0.0973 e. The zero-order valence-electron chi connectivity index (χ0n) is 17.0. The molecule has 0 amide bonds. The predicted molar refractivity (Wildman–Crippen MR) is 105 cm³/mol. The first-order valence-electron chi connectivity index (χ1n) is 10.8. The highest BCUT2D eigenvalue weighted by Crippen LogP contribution is 2.13. The summed E-state index contributed by atoms with van der Waals surface area (Å²) in [7, 11) is 0. The van der Waals surface area contributed by atoms with Crippen LogP contribution in [0.25, 0.3) is 0 Å². The van der Waals surface area contributed by atoms with Gasteiger partial charge in [-0.25, -0.2) is 4.39 Å². The van der Waals surface area contributed by atoms with Gasteiger partial charge in [-0.2, -0.15) is 0 Å². The normalized spacial score (nSPS) is 12.9. The van der Waals surface area contributed by atoms with Crippen molar-refractivity contribution in [3.05, 3.63) is 0 Å². The molecule has 0 fully saturated rings. The van der Waals surface area contributed by atoms with Gasteiger partial charge in [0.1, 0.15) is 0 Å². The summed E-state index contributed by atoms with van der Waals surface area (Å²) in [4.78, 5) is 0. The summed E-state index contributed by atoms with van der Waals surface area (Å²) in [5.41, 5.74) is 0. The maximum absolute atomic E-state index is 12.6. The first kappa shape index (κ1) is 23.9. The van der Waals surface area contributed by atoms with Crippen LogP contribution in [0.5, 0.6) is 0 Å². The predicted octanol–water partition coefficient (Wildman–Crippen LogP) is 7.87. The van der Waals surface area contributed by atoms with Crippen molar-refractivity contribution in [3.8, 4) is 0 Å². The number of hydrogen-bond acceptors (Lipinski definition) is 1. The smallest absolute Gasteiger partial charge is 0.0973 e. The Morgan fingerprint density at radius 2 is 0.958 bits per heavy atom. The topological polar surface area (TPSA) is 9.23 Å². The molecule has 0 radical (unpaired) electrons. The van der Waals surface area contributed by atoms with E-state index >= 15 is 0 Å². The zero-order chi connectivity index (χ0) is 17.9. The molecule has 0 saturated carbocycles. The summed E-state index contributed by atoms with van der Waals surface area (Å²) in [5.74, 6) is 0.804. The van der Waals surface area contributed by atoms with Crippen LogP contribution in [-0.4, -0.2) is 19.4 Å². The fourth-order valence-corrected chi connectivity index (χ4v) is 3.09. The standard InChI is InChI=1S/C22H45FO/c1-21(2)17-16-20-24-19-15-13-11-9-7-5-4-6-8-10-12-14-18-22(3)23/h21-22H,4-20H2,1-3H3. The molecule has 2 heteroatoms. The highest BCUT2D eigenvalue weighted by molar-refractivity contribution is 4.51. The lowest BCUT2D eigenvalue weighted by molar-refractivity contribution is 0.124. The molecule has 0 aromatic rings. The van der Waals surface area contributed by atoms with E-state index in [0.717, 1.165) is 32.0 Å². The monoisotopic (exact) mass is 344 g/mol. The van der Waals surface area contributed by atoms with E-state index in [2.05, 4.69) is 13.8 Å². The number of unbranched alkanes of at least 4 members (excludes halogenated alkanes) is 11. The van der Waals surface area contributed by atoms with Gasteiger partial charge in [-0.15, -0.1) is 0 Å². The maximum atomic E-state index is 12.6. The summed E-state index contributed by atoms with van der Waals surface area (Å²) >= 11 is 0. The van der Waals surface area contributed by atoms with Gasteiger partial charge >= 0.3 is 0 Å². The van der Waals surface area contributed by atoms with Gasteiger partial charge in [0.2, 0.25) is 0 Å². The molecule has 24 heavy (non-hydrogen) atoms. The highest BCUT2D eigenvalue weighted by atomic mass is 19.1. The minimum absolute atomic E-state index is 0.610. The van der Waals surface area contributed by atoms with Gasteiger partial charge in [0.15, 0.2) is 0 Å². The van der Waals surface area contributed by atoms with E-state index in [-0.39, 0.29) is 0 Å². The van der Waals surface area contributed by atoms with E-state index in [4.69, 9.17) is 4.74 Å². The van der Waals surface area contributed by atoms with Gasteiger partial charge < -0.3 is 4.74 Å². The summed E-state index contributed by atoms with van der Waals surface area (Å²) in [5, 5.41) is 0. The molecule has 0 N–H and O–H groups in total. The summed E-state index contributed by atoms with van der Waals surface area (Å²) in [6, 6.07) is 0. The molecule has 0 aromatic carbocycles. The molecule has 0 saturated heterocycles. The fraction of sp³-hybridized carbons (Fsp3) is 1.00. The van der Waals surface area contributed by atoms with Gasteiger partial charge in [0.25, 0.3) is 0 Å². The highest BCUT2D eigenvalue weighted by Gasteiger charge is 1.98. The first-order chi connectivity index (χ1) is 11.6. The van der Waals surface area contributed by atoms with Crippen molar-refractivity contribution >= 4 is 0 Å². The summed E-state index contributed by atoms with van der Waals surface area (Å²) < 4.78 is 18.3. The van der Waals surface area contributed by atoms with E-state index in [0.29, 0.717) is 0 Å². The van der Waals surface area contributed by atoms with E-state index in [9.17, 15) is 4.39 Å². The number of alkyl halides is 1. The van der Waals surface area contributed by atoms with E-state index in [1.165, 1.54) is 83.5 Å². The Morgan fingerprint density at radius 1 is 0.542 bits per heavy atom. The minimum Gasteiger partial charge on any atom is -0.381 e. The van der Waals surface area contributed by atoms with Crippen LogP contribution in [0, 0.1) is 5.92 Å². The summed E-state index contributed by atoms with van der Waals surface area (Å²) in [6.45, 7) is 8.12. The number of rotatable bonds is 19. The van der Waals surface area contributed by atoms with Crippen LogP contribution in [0.3, 0.4) is 0 Å². The van der Waals surface area contributed by atoms with Crippen LogP contribution in [0.15, 0.2) is 0 Å². The van der Waals surface area contributed by atoms with Crippen molar-refractivity contribution in [2.45, 2.75) is 123 Å². The Kier molecular flexibility index (Phi) is 19.1. The van der Waals surface area contributed by atoms with Crippen molar-refractivity contribution in [3.63, 3.8) is 0 Å². The fourth-order valence-electron chi connectivity index (χ4n) is 3.09. The van der Waals surface area contributed by atoms with Gasteiger partial charge in [-0.3, -0.25) is 0 Å². The van der Waals surface area contributed by atoms with Gasteiger partial charge in [-0.05, 0) is 38.5 Å². The Labute approximate surface area is 152 Å². The van der Waals surface area contributed by atoms with Crippen LogP contribution in [0.4, 0.5) is 4.39 Å². The number of hydrogen-bond donors (Lipinski definition) is 0. The Bertz CT molecular complexity index is 204. The van der Waals surface area contributed by atoms with Crippen molar-refractivity contribution in [1.82, 2.24) is 0 Å². The van der Waals surface area contributed by atoms with Crippen molar-refractivity contribution in [1.29, 1.82) is 0 Å². The third kappa shape index (κ3) is 21.9. The van der Waals surface area contributed by atoms with Crippen LogP contribution in [0.1, 0.15) is 117 Å². The molecular weight excluding hydrogens is 299 g/mol. The lowest BCUT2D eigenvalue weighted by atomic mass is 10.0. The second-order valence-electron chi connectivity index (χ2n) is 7.96. The van der Waals surface area contributed by atoms with Crippen molar-refractivity contribution in [2.24, 2.45) is 5.92 Å². The second-order valence-corrected chi connectivity index (χ2v) is 7.96. The van der Waals surface area contributed by atoms with Gasteiger partial charge in [0, 0.05) is 13.2 Å². The molecule has 0 aliphatic heterocycles. The molecule has 0 aliphatic carbocycles. The lowest BCUT2D eigenvalue weighted by Crippen LogP contribution is -1.99. The van der Waals surface area contributed by atoms with Crippen molar-refractivity contribution < 1.29 is 9.13 Å². The average molecular weight is 345 g/mol. The lowest BCUT2D eigenvalue weighted by Gasteiger charge is -2.06. The minimum atomic E-state index is -0.610. The molecule has 146 valence electrons. The molecule has 1 nitrogen and oxygen atoms in total. The van der Waals surface area contributed by atoms with E-state index in [1.54, 1.807) is 6.92 Å². The van der Waals surface area contributed by atoms with E-state index in [1.807, 2.05) is 0 Å². The second kappa shape index (κ2) is 19.2. The van der Waals surface area contributed by atoms with Gasteiger partial charge in [-0.1, -0.05) is 84.5 Å². The average Bonchev–Trinajstić information content (AvgIpc) is 2.53. The SMILES string of the molecule is CC(C)CCCOCCCCCCCCCCCCCCC(C)F. The van der Waals surface area contributed by atoms with E-state index < -0.39 is 6.17 Å². The zero-order valence-corrected chi connectivity index (χ0v) is 17.0. The molecule has 0 aliphatic rings. The largest absolute Gasteiger partial charge is 0.381 e. The van der Waals surface area contributed by atoms with Crippen LogP contribution in [0.2, 0.25) is 0 Å². The molecular formula is C22H45FO. The van der Waals surface area contributed by atoms with Crippen LogP contribution >= 0.6 is 0 Å². The Morgan fingerprint density at radius 3 is 1.42 bits per heavy atom. The molecule has 0 aromatic heterocycles. The summed E-state index contributed by atoms with van der Waals surface area (Å²) in [6.07, 6.45) is 18.4. The Balaban J connectivity index is 2.98. The van der Waals surface area contributed by atoms with Crippen LogP contribution < -0.4 is 0 Å². The first-order valence-corrected chi connectivity index (χ1v) is 10.8. The van der Waals surface area contributed by atoms with Gasteiger partial charge in [0.05, 0.1) is 6.17 Å².